The van der Waals surface area contributed by atoms with E-state index in [-0.39, 0.29) is 5.97 Å². The normalized spacial score (nSPS) is 10.0. The van der Waals surface area contributed by atoms with Crippen LogP contribution in [0.5, 0.6) is 0 Å². The summed E-state index contributed by atoms with van der Waals surface area (Å²) in [5, 5.41) is 3.12. The van der Waals surface area contributed by atoms with Gasteiger partial charge in [-0.2, -0.15) is 0 Å². The van der Waals surface area contributed by atoms with Crippen molar-refractivity contribution in [1.29, 1.82) is 0 Å². The molecule has 1 N–H and O–H groups in total. The molecule has 98 valence electrons. The fourth-order valence-electron chi connectivity index (χ4n) is 1.57. The molecule has 0 saturated heterocycles. The maximum Gasteiger partial charge on any atom is 0.339 e. The van der Waals surface area contributed by atoms with E-state index < -0.39 is 0 Å². The van der Waals surface area contributed by atoms with E-state index in [4.69, 9.17) is 4.74 Å². The summed E-state index contributed by atoms with van der Waals surface area (Å²) < 4.78 is 4.89. The first-order valence-electron chi connectivity index (χ1n) is 6.01. The molecule has 0 aliphatic heterocycles. The Bertz CT molecular complexity index is 567. The lowest BCUT2D eigenvalue weighted by molar-refractivity contribution is 0.0526. The molecule has 0 fully saturated rings. The first kappa shape index (κ1) is 13.0. The summed E-state index contributed by atoms with van der Waals surface area (Å²) in [5.41, 5.74) is 2.36. The second-order valence-corrected chi connectivity index (χ2v) is 4.03. The van der Waals surface area contributed by atoms with Crippen LogP contribution in [0.25, 0.3) is 0 Å². The topological polar surface area (TPSA) is 64.1 Å². The van der Waals surface area contributed by atoms with Gasteiger partial charge in [0.1, 0.15) is 5.82 Å². The van der Waals surface area contributed by atoms with E-state index in [9.17, 15) is 4.79 Å². The minimum absolute atomic E-state index is 0.355. The van der Waals surface area contributed by atoms with Crippen molar-refractivity contribution in [3.8, 4) is 0 Å². The number of aromatic nitrogens is 2. The fraction of sp³-hybridized carbons (Fsp3) is 0.214. The number of ether oxygens (including phenoxy) is 1. The molecule has 0 atom stereocenters. The molecule has 0 unspecified atom stereocenters. The monoisotopic (exact) mass is 257 g/mol. The van der Waals surface area contributed by atoms with Crippen molar-refractivity contribution in [2.24, 2.45) is 0 Å². The number of carbonyl (C=O) groups is 1. The zero-order valence-electron chi connectivity index (χ0n) is 10.9. The molecule has 2 heterocycles. The molecule has 2 aromatic rings. The van der Waals surface area contributed by atoms with Crippen molar-refractivity contribution >= 4 is 17.5 Å². The lowest BCUT2D eigenvalue weighted by Crippen LogP contribution is -2.05. The first-order valence-corrected chi connectivity index (χ1v) is 6.01. The molecule has 5 nitrogen and oxygen atoms in total. The molecule has 0 aromatic carbocycles. The average molecular weight is 257 g/mol. The van der Waals surface area contributed by atoms with Gasteiger partial charge in [-0.3, -0.25) is 4.98 Å². The van der Waals surface area contributed by atoms with E-state index in [2.05, 4.69) is 15.3 Å². The van der Waals surface area contributed by atoms with Gasteiger partial charge in [-0.05, 0) is 37.6 Å². The van der Waals surface area contributed by atoms with Crippen molar-refractivity contribution in [1.82, 2.24) is 9.97 Å². The summed E-state index contributed by atoms with van der Waals surface area (Å²) in [4.78, 5) is 19.7. The number of hydrogen-bond donors (Lipinski definition) is 1. The molecule has 5 heteroatoms. The van der Waals surface area contributed by atoms with Crippen LogP contribution >= 0.6 is 0 Å². The third-order valence-electron chi connectivity index (χ3n) is 2.42. The van der Waals surface area contributed by atoms with Gasteiger partial charge in [0.2, 0.25) is 0 Å². The minimum Gasteiger partial charge on any atom is -0.462 e. The summed E-state index contributed by atoms with van der Waals surface area (Å²) in [7, 11) is 0. The van der Waals surface area contributed by atoms with Crippen LogP contribution in [-0.4, -0.2) is 22.5 Å². The summed E-state index contributed by atoms with van der Waals surface area (Å²) >= 11 is 0. The summed E-state index contributed by atoms with van der Waals surface area (Å²) in [6, 6.07) is 5.37. The van der Waals surface area contributed by atoms with Crippen molar-refractivity contribution in [2.45, 2.75) is 13.8 Å². The van der Waals surface area contributed by atoms with Crippen LogP contribution in [0.3, 0.4) is 0 Å². The van der Waals surface area contributed by atoms with Gasteiger partial charge in [-0.15, -0.1) is 0 Å². The lowest BCUT2D eigenvalue weighted by Gasteiger charge is -2.06. The van der Waals surface area contributed by atoms with Crippen molar-refractivity contribution in [3.63, 3.8) is 0 Å². The number of esters is 1. The standard InChI is InChI=1S/C14H15N3O2/c1-3-19-14(18)11-4-5-13(16-8-11)17-12-6-10(2)7-15-9-12/h4-9H,3H2,1-2H3,(H,16,17). The quantitative estimate of drug-likeness (QED) is 0.853. The highest BCUT2D eigenvalue weighted by atomic mass is 16.5. The van der Waals surface area contributed by atoms with Gasteiger partial charge in [-0.25, -0.2) is 9.78 Å². The van der Waals surface area contributed by atoms with E-state index >= 15 is 0 Å². The minimum atomic E-state index is -0.362. The summed E-state index contributed by atoms with van der Waals surface area (Å²) in [6.45, 7) is 4.09. The number of hydrogen-bond acceptors (Lipinski definition) is 5. The maximum absolute atomic E-state index is 11.5. The maximum atomic E-state index is 11.5. The van der Waals surface area contributed by atoms with Crippen molar-refractivity contribution < 1.29 is 9.53 Å². The molecular weight excluding hydrogens is 242 g/mol. The fourth-order valence-corrected chi connectivity index (χ4v) is 1.57. The Kier molecular flexibility index (Phi) is 4.07. The Hall–Kier alpha value is -2.43. The van der Waals surface area contributed by atoms with Crippen LogP contribution in [0.1, 0.15) is 22.8 Å². The largest absolute Gasteiger partial charge is 0.462 e. The van der Waals surface area contributed by atoms with Gasteiger partial charge < -0.3 is 10.1 Å². The SMILES string of the molecule is CCOC(=O)c1ccc(Nc2cncc(C)c2)nc1. The third kappa shape index (κ3) is 3.51. The molecule has 0 aliphatic carbocycles. The van der Waals surface area contributed by atoms with Crippen molar-refractivity contribution in [2.75, 3.05) is 11.9 Å². The van der Waals surface area contributed by atoms with Gasteiger partial charge in [0.25, 0.3) is 0 Å². The number of nitrogens with one attached hydrogen (secondary N) is 1. The van der Waals surface area contributed by atoms with Crippen molar-refractivity contribution in [3.05, 3.63) is 47.9 Å². The molecule has 0 spiro atoms. The highest BCUT2D eigenvalue weighted by Gasteiger charge is 2.06. The Morgan fingerprint density at radius 3 is 2.79 bits per heavy atom. The van der Waals surface area contributed by atoms with Gasteiger partial charge in [0, 0.05) is 12.4 Å². The van der Waals surface area contributed by atoms with Crippen LogP contribution in [0, 0.1) is 6.92 Å². The van der Waals surface area contributed by atoms with E-state index in [0.717, 1.165) is 11.3 Å². The predicted octanol–water partition coefficient (Wildman–Crippen LogP) is 2.71. The van der Waals surface area contributed by atoms with Crippen LogP contribution in [0.15, 0.2) is 36.8 Å². The number of pyridine rings is 2. The highest BCUT2D eigenvalue weighted by Crippen LogP contribution is 2.14. The zero-order valence-corrected chi connectivity index (χ0v) is 10.9. The average Bonchev–Trinajstić information content (AvgIpc) is 2.40. The van der Waals surface area contributed by atoms with Crippen LogP contribution in [0.4, 0.5) is 11.5 Å². The highest BCUT2D eigenvalue weighted by molar-refractivity contribution is 5.89. The molecule has 0 radical (unpaired) electrons. The second-order valence-electron chi connectivity index (χ2n) is 4.03. The molecular formula is C14H15N3O2. The second kappa shape index (κ2) is 5.95. The van der Waals surface area contributed by atoms with Gasteiger partial charge >= 0.3 is 5.97 Å². The van der Waals surface area contributed by atoms with Gasteiger partial charge in [0.05, 0.1) is 24.1 Å². The molecule has 2 rings (SSSR count). The number of anilines is 2. The molecule has 2 aromatic heterocycles. The number of rotatable bonds is 4. The molecule has 0 saturated carbocycles. The lowest BCUT2D eigenvalue weighted by atomic mass is 10.2. The van der Waals surface area contributed by atoms with Crippen LogP contribution < -0.4 is 5.32 Å². The Balaban J connectivity index is 2.08. The zero-order chi connectivity index (χ0) is 13.7. The van der Waals surface area contributed by atoms with E-state index in [0.29, 0.717) is 18.0 Å². The molecule has 0 amide bonds. The third-order valence-corrected chi connectivity index (χ3v) is 2.42. The summed E-state index contributed by atoms with van der Waals surface area (Å²) in [6.07, 6.45) is 4.99. The van der Waals surface area contributed by atoms with Crippen LogP contribution in [-0.2, 0) is 4.74 Å². The Morgan fingerprint density at radius 1 is 1.32 bits per heavy atom. The molecule has 0 aliphatic rings. The summed E-state index contributed by atoms with van der Waals surface area (Å²) in [5.74, 6) is 0.291. The number of carbonyl (C=O) groups excluding carboxylic acids is 1. The van der Waals surface area contributed by atoms with Gasteiger partial charge in [-0.1, -0.05) is 0 Å². The van der Waals surface area contributed by atoms with Crippen LogP contribution in [0.2, 0.25) is 0 Å². The van der Waals surface area contributed by atoms with Gasteiger partial charge in [0.15, 0.2) is 0 Å². The first-order chi connectivity index (χ1) is 9.19. The smallest absolute Gasteiger partial charge is 0.339 e. The predicted molar refractivity (Wildman–Crippen MR) is 72.5 cm³/mol. The van der Waals surface area contributed by atoms with E-state index in [1.54, 1.807) is 31.5 Å². The molecule has 19 heavy (non-hydrogen) atoms. The number of nitrogens with zero attached hydrogens (tertiary/aromatic N) is 2. The Labute approximate surface area is 111 Å². The number of aryl methyl sites for hydroxylation is 1. The van der Waals surface area contributed by atoms with E-state index in [1.807, 2.05) is 13.0 Å². The molecule has 0 bridgehead atoms. The van der Waals surface area contributed by atoms with E-state index in [1.165, 1.54) is 6.20 Å². The Morgan fingerprint density at radius 2 is 2.16 bits per heavy atom.